The van der Waals surface area contributed by atoms with E-state index in [1.165, 1.54) is 0 Å². The van der Waals surface area contributed by atoms with Gasteiger partial charge in [0.2, 0.25) is 5.91 Å². The maximum atomic E-state index is 12.0. The minimum absolute atomic E-state index is 0.0863. The Hall–Kier alpha value is -2.13. The predicted molar refractivity (Wildman–Crippen MR) is 96.8 cm³/mol. The van der Waals surface area contributed by atoms with Crippen LogP contribution in [0, 0.1) is 6.92 Å². The maximum Gasteiger partial charge on any atom is 0.226 e. The van der Waals surface area contributed by atoms with Crippen LogP contribution in [0.2, 0.25) is 0 Å². The Morgan fingerprint density at radius 2 is 2.36 bits per heavy atom. The Balaban J connectivity index is 1.37. The zero-order chi connectivity index (χ0) is 17.2. The Morgan fingerprint density at radius 1 is 1.48 bits per heavy atom. The molecule has 1 N–H and O–H groups in total. The van der Waals surface area contributed by atoms with Gasteiger partial charge in [0.15, 0.2) is 16.8 Å². The number of thiophene rings is 1. The van der Waals surface area contributed by atoms with Crippen molar-refractivity contribution in [2.24, 2.45) is 0 Å². The van der Waals surface area contributed by atoms with E-state index < -0.39 is 0 Å². The molecule has 0 aromatic carbocycles. The van der Waals surface area contributed by atoms with Gasteiger partial charge in [0.1, 0.15) is 5.76 Å². The van der Waals surface area contributed by atoms with Crippen LogP contribution in [-0.4, -0.2) is 31.6 Å². The lowest BCUT2D eigenvalue weighted by molar-refractivity contribution is -0.115. The van der Waals surface area contributed by atoms with Crippen molar-refractivity contribution in [2.75, 3.05) is 11.1 Å². The lowest BCUT2D eigenvalue weighted by Crippen LogP contribution is -2.12. The number of anilines is 1. The van der Waals surface area contributed by atoms with E-state index in [0.29, 0.717) is 29.8 Å². The Bertz CT molecular complexity index is 867. The molecule has 0 aliphatic heterocycles. The van der Waals surface area contributed by atoms with Gasteiger partial charge in [-0.3, -0.25) is 9.36 Å². The van der Waals surface area contributed by atoms with Gasteiger partial charge in [-0.15, -0.1) is 21.5 Å². The highest BCUT2D eigenvalue weighted by atomic mass is 32.2. The van der Waals surface area contributed by atoms with Crippen LogP contribution in [-0.2, 0) is 4.79 Å². The fourth-order valence-corrected chi connectivity index (χ4v) is 4.13. The third kappa shape index (κ3) is 3.77. The first-order valence-electron chi connectivity index (χ1n) is 8.05. The van der Waals surface area contributed by atoms with Crippen LogP contribution in [0.1, 0.15) is 31.1 Å². The lowest BCUT2D eigenvalue weighted by atomic mass is 10.4. The molecule has 3 aromatic heterocycles. The van der Waals surface area contributed by atoms with E-state index >= 15 is 0 Å². The molecule has 0 spiro atoms. The third-order valence-corrected chi connectivity index (χ3v) is 5.58. The zero-order valence-corrected chi connectivity index (χ0v) is 15.3. The van der Waals surface area contributed by atoms with Crippen LogP contribution in [0.5, 0.6) is 0 Å². The van der Waals surface area contributed by atoms with Crippen LogP contribution in [0.15, 0.2) is 33.3 Å². The molecule has 3 aromatic rings. The Kier molecular flexibility index (Phi) is 4.58. The molecule has 7 nitrogen and oxygen atoms in total. The summed E-state index contributed by atoms with van der Waals surface area (Å²) in [6, 6.07) is 6.27. The normalized spacial score (nSPS) is 14.0. The Morgan fingerprint density at radius 3 is 3.04 bits per heavy atom. The van der Waals surface area contributed by atoms with Gasteiger partial charge in [-0.05, 0) is 31.2 Å². The summed E-state index contributed by atoms with van der Waals surface area (Å²) in [6.07, 6.45) is 2.70. The minimum atomic E-state index is -0.0863. The average Bonchev–Trinajstić information content (AvgIpc) is 3.00. The van der Waals surface area contributed by atoms with E-state index in [4.69, 9.17) is 4.52 Å². The summed E-state index contributed by atoms with van der Waals surface area (Å²) in [7, 11) is 0. The van der Waals surface area contributed by atoms with Crippen molar-refractivity contribution < 1.29 is 9.32 Å². The van der Waals surface area contributed by atoms with Gasteiger partial charge >= 0.3 is 0 Å². The van der Waals surface area contributed by atoms with Gasteiger partial charge < -0.3 is 9.84 Å². The zero-order valence-electron chi connectivity index (χ0n) is 13.6. The van der Waals surface area contributed by atoms with E-state index in [1.54, 1.807) is 36.1 Å². The maximum absolute atomic E-state index is 12.0. The van der Waals surface area contributed by atoms with E-state index in [1.807, 2.05) is 11.4 Å². The quantitative estimate of drug-likeness (QED) is 0.633. The highest BCUT2D eigenvalue weighted by molar-refractivity contribution is 7.99. The smallest absolute Gasteiger partial charge is 0.226 e. The average molecular weight is 375 g/mol. The number of hydrogen-bond donors (Lipinski definition) is 1. The SMILES string of the molecule is Cc1cc(NC(=O)CCSc2nnc(-c3cccs3)n2C2CC2)no1. The number of carbonyl (C=O) groups excluding carboxylic acids is 1. The molecule has 0 radical (unpaired) electrons. The monoisotopic (exact) mass is 375 g/mol. The molecule has 0 atom stereocenters. The molecule has 1 saturated carbocycles. The van der Waals surface area contributed by atoms with Crippen molar-refractivity contribution in [1.82, 2.24) is 19.9 Å². The molecule has 1 aliphatic carbocycles. The second-order valence-corrected chi connectivity index (χ2v) is 7.86. The number of carbonyl (C=O) groups is 1. The van der Waals surface area contributed by atoms with Crippen molar-refractivity contribution >= 4 is 34.8 Å². The van der Waals surface area contributed by atoms with E-state index in [9.17, 15) is 4.79 Å². The van der Waals surface area contributed by atoms with Crippen LogP contribution >= 0.6 is 23.1 Å². The van der Waals surface area contributed by atoms with Crippen molar-refractivity contribution in [3.63, 3.8) is 0 Å². The number of amides is 1. The number of aromatic nitrogens is 4. The molecule has 25 heavy (non-hydrogen) atoms. The summed E-state index contributed by atoms with van der Waals surface area (Å²) < 4.78 is 7.15. The van der Waals surface area contributed by atoms with Crippen molar-refractivity contribution in [3.8, 4) is 10.7 Å². The molecule has 1 fully saturated rings. The van der Waals surface area contributed by atoms with Gasteiger partial charge in [-0.2, -0.15) is 0 Å². The van der Waals surface area contributed by atoms with Crippen LogP contribution in [0.4, 0.5) is 5.82 Å². The Labute approximate surface area is 152 Å². The first-order chi connectivity index (χ1) is 12.2. The standard InChI is InChI=1S/C16H17N5O2S2/c1-10-9-13(20-23-10)17-14(22)6-8-25-16-19-18-15(12-3-2-7-24-12)21(16)11-4-5-11/h2-3,7,9,11H,4-6,8H2,1H3,(H,17,20,22). The second kappa shape index (κ2) is 7.01. The summed E-state index contributed by atoms with van der Waals surface area (Å²) in [4.78, 5) is 13.1. The largest absolute Gasteiger partial charge is 0.360 e. The summed E-state index contributed by atoms with van der Waals surface area (Å²) in [5, 5.41) is 18.1. The molecule has 130 valence electrons. The highest BCUT2D eigenvalue weighted by Crippen LogP contribution is 2.41. The molecule has 1 amide bonds. The molecule has 0 saturated heterocycles. The minimum Gasteiger partial charge on any atom is -0.360 e. The first kappa shape index (κ1) is 16.3. The highest BCUT2D eigenvalue weighted by Gasteiger charge is 2.30. The first-order valence-corrected chi connectivity index (χ1v) is 9.92. The van der Waals surface area contributed by atoms with Gasteiger partial charge in [0.25, 0.3) is 0 Å². The molecular formula is C16H17N5O2S2. The van der Waals surface area contributed by atoms with Gasteiger partial charge in [-0.1, -0.05) is 23.0 Å². The number of thioether (sulfide) groups is 1. The van der Waals surface area contributed by atoms with Crippen molar-refractivity contribution in [1.29, 1.82) is 0 Å². The fourth-order valence-electron chi connectivity index (χ4n) is 2.48. The van der Waals surface area contributed by atoms with Crippen LogP contribution < -0.4 is 5.32 Å². The topological polar surface area (TPSA) is 85.8 Å². The molecule has 4 rings (SSSR count). The molecule has 0 unspecified atom stereocenters. The molecule has 1 aliphatic rings. The van der Waals surface area contributed by atoms with Crippen LogP contribution in [0.3, 0.4) is 0 Å². The summed E-state index contributed by atoms with van der Waals surface area (Å²) in [5.41, 5.74) is 0. The summed E-state index contributed by atoms with van der Waals surface area (Å²) in [6.45, 7) is 1.79. The molecular weight excluding hydrogens is 358 g/mol. The number of rotatable bonds is 7. The van der Waals surface area contributed by atoms with Gasteiger partial charge in [0.05, 0.1) is 4.88 Å². The number of aryl methyl sites for hydroxylation is 1. The summed E-state index contributed by atoms with van der Waals surface area (Å²) in [5.74, 6) is 2.61. The summed E-state index contributed by atoms with van der Waals surface area (Å²) >= 11 is 3.24. The number of nitrogens with one attached hydrogen (secondary N) is 1. The van der Waals surface area contributed by atoms with E-state index in [-0.39, 0.29) is 5.91 Å². The molecule has 3 heterocycles. The van der Waals surface area contributed by atoms with E-state index in [0.717, 1.165) is 28.7 Å². The van der Waals surface area contributed by atoms with Gasteiger partial charge in [0, 0.05) is 24.3 Å². The van der Waals surface area contributed by atoms with Crippen molar-refractivity contribution in [3.05, 3.63) is 29.3 Å². The van der Waals surface area contributed by atoms with Crippen molar-refractivity contribution in [2.45, 2.75) is 37.4 Å². The van der Waals surface area contributed by atoms with Gasteiger partial charge in [-0.25, -0.2) is 0 Å². The van der Waals surface area contributed by atoms with E-state index in [2.05, 4.69) is 31.3 Å². The fraction of sp³-hybridized carbons (Fsp3) is 0.375. The number of hydrogen-bond acceptors (Lipinski definition) is 7. The predicted octanol–water partition coefficient (Wildman–Crippen LogP) is 3.76. The molecule has 0 bridgehead atoms. The van der Waals surface area contributed by atoms with Crippen LogP contribution in [0.25, 0.3) is 10.7 Å². The second-order valence-electron chi connectivity index (χ2n) is 5.85. The molecule has 9 heteroatoms. The third-order valence-electron chi connectivity index (χ3n) is 3.77. The lowest BCUT2D eigenvalue weighted by Gasteiger charge is -2.07. The number of nitrogens with zero attached hydrogens (tertiary/aromatic N) is 4.